The van der Waals surface area contributed by atoms with E-state index >= 15 is 0 Å². The summed E-state index contributed by atoms with van der Waals surface area (Å²) in [5, 5.41) is 2.99. The molecule has 4 nitrogen and oxygen atoms in total. The lowest BCUT2D eigenvalue weighted by atomic mass is 9.95. The van der Waals surface area contributed by atoms with Gasteiger partial charge in [-0.3, -0.25) is 9.59 Å². The highest BCUT2D eigenvalue weighted by atomic mass is 79.9. The minimum atomic E-state index is 0.0565. The second kappa shape index (κ2) is 7.94. The maximum Gasteiger partial charge on any atom is 0.263 e. The lowest BCUT2D eigenvalue weighted by Crippen LogP contribution is -2.43. The number of nitrogens with one attached hydrogen (secondary N) is 1. The fourth-order valence-electron chi connectivity index (χ4n) is 2.46. The second-order valence-corrected chi connectivity index (χ2v) is 7.78. The van der Waals surface area contributed by atoms with E-state index in [0.29, 0.717) is 13.1 Å². The Morgan fingerprint density at radius 2 is 2.10 bits per heavy atom. The summed E-state index contributed by atoms with van der Waals surface area (Å²) < 4.78 is 0.969. The molecule has 0 unspecified atom stereocenters. The van der Waals surface area contributed by atoms with Crippen molar-refractivity contribution in [2.24, 2.45) is 5.92 Å². The lowest BCUT2D eigenvalue weighted by molar-refractivity contribution is -0.126. The van der Waals surface area contributed by atoms with Crippen molar-refractivity contribution in [1.29, 1.82) is 0 Å². The molecule has 0 aliphatic carbocycles. The molecule has 1 aliphatic heterocycles. The minimum absolute atomic E-state index is 0.0565. The Bertz CT molecular complexity index is 496. The molecule has 0 spiro atoms. The number of thiophene rings is 1. The number of unbranched alkanes of at least 4 members (excludes halogenated alkanes) is 1. The number of likely N-dealkylation sites (tertiary alicyclic amines) is 1. The summed E-state index contributed by atoms with van der Waals surface area (Å²) in [5.74, 6) is 0.283. The number of nitrogens with zero attached hydrogens (tertiary/aromatic N) is 1. The van der Waals surface area contributed by atoms with Crippen molar-refractivity contribution in [2.45, 2.75) is 32.6 Å². The van der Waals surface area contributed by atoms with E-state index in [0.717, 1.165) is 40.9 Å². The number of halogens is 1. The van der Waals surface area contributed by atoms with Crippen LogP contribution in [0.2, 0.25) is 0 Å². The normalized spacial score (nSPS) is 16.0. The topological polar surface area (TPSA) is 49.4 Å². The van der Waals surface area contributed by atoms with Gasteiger partial charge in [-0.25, -0.2) is 0 Å². The largest absolute Gasteiger partial charge is 0.356 e. The number of hydrogen-bond acceptors (Lipinski definition) is 3. The molecular formula is C15H21BrN2O2S. The molecule has 0 aromatic carbocycles. The fraction of sp³-hybridized carbons (Fsp3) is 0.600. The Balaban J connectivity index is 1.80. The average molecular weight is 373 g/mol. The molecule has 2 amide bonds. The molecule has 21 heavy (non-hydrogen) atoms. The predicted molar refractivity (Wildman–Crippen MR) is 88.6 cm³/mol. The van der Waals surface area contributed by atoms with E-state index in [-0.39, 0.29) is 17.7 Å². The van der Waals surface area contributed by atoms with Crippen LogP contribution in [0.5, 0.6) is 0 Å². The van der Waals surface area contributed by atoms with Crippen molar-refractivity contribution >= 4 is 39.1 Å². The van der Waals surface area contributed by atoms with Crippen LogP contribution in [0.15, 0.2) is 15.9 Å². The van der Waals surface area contributed by atoms with Gasteiger partial charge in [-0.1, -0.05) is 13.3 Å². The Labute approximate surface area is 138 Å². The molecule has 1 aromatic rings. The number of hydrogen-bond donors (Lipinski definition) is 1. The van der Waals surface area contributed by atoms with E-state index in [9.17, 15) is 9.59 Å². The number of carbonyl (C=O) groups is 2. The number of carbonyl (C=O) groups excluding carboxylic acids is 2. The zero-order valence-electron chi connectivity index (χ0n) is 12.2. The molecule has 0 bridgehead atoms. The lowest BCUT2D eigenvalue weighted by Gasteiger charge is -2.31. The van der Waals surface area contributed by atoms with Crippen LogP contribution >= 0.6 is 27.3 Å². The molecule has 1 saturated heterocycles. The van der Waals surface area contributed by atoms with E-state index in [2.05, 4.69) is 28.2 Å². The van der Waals surface area contributed by atoms with Crippen LogP contribution in [-0.2, 0) is 4.79 Å². The van der Waals surface area contributed by atoms with Gasteiger partial charge in [0, 0.05) is 25.6 Å². The van der Waals surface area contributed by atoms with Crippen molar-refractivity contribution in [2.75, 3.05) is 19.6 Å². The molecule has 6 heteroatoms. The summed E-state index contributed by atoms with van der Waals surface area (Å²) in [7, 11) is 0. The Kier molecular flexibility index (Phi) is 6.23. The summed E-state index contributed by atoms with van der Waals surface area (Å²) in [6.07, 6.45) is 3.63. The number of piperidine rings is 1. The highest BCUT2D eigenvalue weighted by Crippen LogP contribution is 2.25. The molecule has 0 saturated carbocycles. The van der Waals surface area contributed by atoms with Crippen LogP contribution < -0.4 is 5.32 Å². The van der Waals surface area contributed by atoms with E-state index < -0.39 is 0 Å². The molecule has 0 radical (unpaired) electrons. The van der Waals surface area contributed by atoms with Crippen LogP contribution in [-0.4, -0.2) is 36.3 Å². The van der Waals surface area contributed by atoms with Gasteiger partial charge in [0.2, 0.25) is 5.91 Å². The summed E-state index contributed by atoms with van der Waals surface area (Å²) in [5.41, 5.74) is 0. The Morgan fingerprint density at radius 1 is 1.38 bits per heavy atom. The molecule has 116 valence electrons. The van der Waals surface area contributed by atoms with Crippen molar-refractivity contribution in [3.8, 4) is 0 Å². The monoisotopic (exact) mass is 372 g/mol. The second-order valence-electron chi connectivity index (χ2n) is 5.31. The molecule has 1 fully saturated rings. The van der Waals surface area contributed by atoms with Gasteiger partial charge in [0.25, 0.3) is 5.91 Å². The van der Waals surface area contributed by atoms with E-state index in [4.69, 9.17) is 0 Å². The van der Waals surface area contributed by atoms with Gasteiger partial charge in [-0.2, -0.15) is 0 Å². The zero-order valence-corrected chi connectivity index (χ0v) is 14.6. The maximum atomic E-state index is 12.3. The van der Waals surface area contributed by atoms with E-state index in [1.807, 2.05) is 17.0 Å². The Morgan fingerprint density at radius 3 is 2.67 bits per heavy atom. The highest BCUT2D eigenvalue weighted by Gasteiger charge is 2.28. The van der Waals surface area contributed by atoms with Gasteiger partial charge in [0.1, 0.15) is 0 Å². The molecule has 0 atom stereocenters. The van der Waals surface area contributed by atoms with Gasteiger partial charge < -0.3 is 10.2 Å². The van der Waals surface area contributed by atoms with Crippen molar-refractivity contribution in [1.82, 2.24) is 10.2 Å². The summed E-state index contributed by atoms with van der Waals surface area (Å²) >= 11 is 4.83. The van der Waals surface area contributed by atoms with Crippen LogP contribution in [0.4, 0.5) is 0 Å². The first-order chi connectivity index (χ1) is 10.1. The third-order valence-electron chi connectivity index (χ3n) is 3.77. The van der Waals surface area contributed by atoms with E-state index in [1.165, 1.54) is 11.3 Å². The summed E-state index contributed by atoms with van der Waals surface area (Å²) in [4.78, 5) is 26.9. The van der Waals surface area contributed by atoms with Gasteiger partial charge in [-0.15, -0.1) is 11.3 Å². The molecule has 1 N–H and O–H groups in total. The smallest absolute Gasteiger partial charge is 0.263 e. The van der Waals surface area contributed by atoms with Crippen molar-refractivity contribution < 1.29 is 9.59 Å². The van der Waals surface area contributed by atoms with Gasteiger partial charge >= 0.3 is 0 Å². The molecule has 2 rings (SSSR count). The standard InChI is InChI=1S/C15H21BrN2O2S/c1-2-3-8-17-14(19)11-6-9-18(10-7-11)15(20)12-4-5-13(16)21-12/h4-5,11H,2-3,6-10H2,1H3,(H,17,19). The minimum Gasteiger partial charge on any atom is -0.356 e. The third-order valence-corrected chi connectivity index (χ3v) is 5.38. The first kappa shape index (κ1) is 16.5. The van der Waals surface area contributed by atoms with Crippen molar-refractivity contribution in [3.05, 3.63) is 20.8 Å². The van der Waals surface area contributed by atoms with Gasteiger partial charge in [0.15, 0.2) is 0 Å². The van der Waals surface area contributed by atoms with Crippen LogP contribution in [0, 0.1) is 5.92 Å². The predicted octanol–water partition coefficient (Wildman–Crippen LogP) is 3.28. The molecule has 1 aliphatic rings. The summed E-state index contributed by atoms with van der Waals surface area (Å²) in [6, 6.07) is 3.74. The molecule has 1 aromatic heterocycles. The van der Waals surface area contributed by atoms with Crippen LogP contribution in [0.1, 0.15) is 42.3 Å². The van der Waals surface area contributed by atoms with Crippen molar-refractivity contribution in [3.63, 3.8) is 0 Å². The SMILES string of the molecule is CCCCNC(=O)C1CCN(C(=O)c2ccc(Br)s2)CC1. The first-order valence-corrected chi connectivity index (χ1v) is 9.05. The van der Waals surface area contributed by atoms with Gasteiger partial charge in [-0.05, 0) is 47.3 Å². The van der Waals surface area contributed by atoms with Crippen LogP contribution in [0.25, 0.3) is 0 Å². The van der Waals surface area contributed by atoms with E-state index in [1.54, 1.807) is 0 Å². The zero-order chi connectivity index (χ0) is 15.2. The quantitative estimate of drug-likeness (QED) is 0.806. The van der Waals surface area contributed by atoms with Gasteiger partial charge in [0.05, 0.1) is 8.66 Å². The number of rotatable bonds is 5. The summed E-state index contributed by atoms with van der Waals surface area (Å²) in [6.45, 7) is 4.21. The fourth-order valence-corrected chi connectivity index (χ4v) is 3.82. The number of amides is 2. The first-order valence-electron chi connectivity index (χ1n) is 7.44. The maximum absolute atomic E-state index is 12.3. The molecular weight excluding hydrogens is 352 g/mol. The third kappa shape index (κ3) is 4.54. The molecule has 2 heterocycles. The highest BCUT2D eigenvalue weighted by molar-refractivity contribution is 9.11. The average Bonchev–Trinajstić information content (AvgIpc) is 2.93. The Hall–Kier alpha value is -0.880. The van der Waals surface area contributed by atoms with Crippen LogP contribution in [0.3, 0.4) is 0 Å².